The lowest BCUT2D eigenvalue weighted by atomic mass is 10.1. The highest BCUT2D eigenvalue weighted by Gasteiger charge is 2.18. The number of amides is 1. The fraction of sp³-hybridized carbons (Fsp3) is 0.562. The SMILES string of the molecule is CCCOc1c(Cl)cc(C(=O)N(C)CCNC)cc1OCC. The van der Waals surface area contributed by atoms with Gasteiger partial charge in [-0.3, -0.25) is 4.79 Å². The normalized spacial score (nSPS) is 10.4. The van der Waals surface area contributed by atoms with E-state index in [-0.39, 0.29) is 5.91 Å². The second-order valence-electron chi connectivity index (χ2n) is 4.90. The van der Waals surface area contributed by atoms with Crippen LogP contribution in [-0.4, -0.2) is 51.2 Å². The van der Waals surface area contributed by atoms with Crippen LogP contribution in [0.1, 0.15) is 30.6 Å². The Labute approximate surface area is 137 Å². The van der Waals surface area contributed by atoms with Crippen molar-refractivity contribution in [2.24, 2.45) is 0 Å². The average molecular weight is 329 g/mol. The lowest BCUT2D eigenvalue weighted by Crippen LogP contribution is -2.32. The molecule has 1 amide bonds. The number of nitrogens with zero attached hydrogens (tertiary/aromatic N) is 1. The van der Waals surface area contributed by atoms with Crippen molar-refractivity contribution in [1.82, 2.24) is 10.2 Å². The van der Waals surface area contributed by atoms with Crippen LogP contribution in [0, 0.1) is 0 Å². The van der Waals surface area contributed by atoms with Gasteiger partial charge in [0.1, 0.15) is 0 Å². The topological polar surface area (TPSA) is 50.8 Å². The molecular weight excluding hydrogens is 304 g/mol. The van der Waals surface area contributed by atoms with E-state index in [0.717, 1.165) is 13.0 Å². The van der Waals surface area contributed by atoms with Crippen molar-refractivity contribution in [1.29, 1.82) is 0 Å². The Bertz CT molecular complexity index is 495. The second-order valence-corrected chi connectivity index (χ2v) is 5.30. The second kappa shape index (κ2) is 9.54. The number of likely N-dealkylation sites (N-methyl/N-ethyl adjacent to an activating group) is 2. The first kappa shape index (κ1) is 18.6. The van der Waals surface area contributed by atoms with Crippen LogP contribution < -0.4 is 14.8 Å². The number of hydrogen-bond donors (Lipinski definition) is 1. The molecule has 0 unspecified atom stereocenters. The Morgan fingerprint density at radius 1 is 1.32 bits per heavy atom. The minimum absolute atomic E-state index is 0.0971. The van der Waals surface area contributed by atoms with Crippen LogP contribution in [0.2, 0.25) is 5.02 Å². The zero-order valence-corrected chi connectivity index (χ0v) is 14.5. The molecular formula is C16H25ClN2O3. The highest BCUT2D eigenvalue weighted by molar-refractivity contribution is 6.32. The summed E-state index contributed by atoms with van der Waals surface area (Å²) in [4.78, 5) is 14.1. The van der Waals surface area contributed by atoms with Crippen LogP contribution in [0.5, 0.6) is 11.5 Å². The molecule has 0 aliphatic heterocycles. The minimum Gasteiger partial charge on any atom is -0.490 e. The van der Waals surface area contributed by atoms with E-state index < -0.39 is 0 Å². The Hall–Kier alpha value is -1.46. The van der Waals surface area contributed by atoms with E-state index in [4.69, 9.17) is 21.1 Å². The minimum atomic E-state index is -0.0971. The molecule has 0 spiro atoms. The van der Waals surface area contributed by atoms with E-state index >= 15 is 0 Å². The highest BCUT2D eigenvalue weighted by atomic mass is 35.5. The Morgan fingerprint density at radius 2 is 2.05 bits per heavy atom. The van der Waals surface area contributed by atoms with E-state index in [1.807, 2.05) is 20.9 Å². The molecule has 0 bridgehead atoms. The van der Waals surface area contributed by atoms with Gasteiger partial charge in [0.2, 0.25) is 0 Å². The van der Waals surface area contributed by atoms with Gasteiger partial charge in [-0.15, -0.1) is 0 Å². The maximum Gasteiger partial charge on any atom is 0.253 e. The molecule has 0 atom stereocenters. The van der Waals surface area contributed by atoms with Gasteiger partial charge in [0.05, 0.1) is 18.2 Å². The van der Waals surface area contributed by atoms with Crippen molar-refractivity contribution in [2.75, 3.05) is 40.4 Å². The van der Waals surface area contributed by atoms with Gasteiger partial charge in [-0.2, -0.15) is 0 Å². The van der Waals surface area contributed by atoms with Gasteiger partial charge in [-0.1, -0.05) is 18.5 Å². The lowest BCUT2D eigenvalue weighted by molar-refractivity contribution is 0.0796. The summed E-state index contributed by atoms with van der Waals surface area (Å²) in [6, 6.07) is 3.33. The number of carbonyl (C=O) groups excluding carboxylic acids is 1. The van der Waals surface area contributed by atoms with Crippen molar-refractivity contribution in [3.8, 4) is 11.5 Å². The Morgan fingerprint density at radius 3 is 2.64 bits per heavy atom. The predicted octanol–water partition coefficient (Wildman–Crippen LogP) is 2.82. The fourth-order valence-electron chi connectivity index (χ4n) is 1.90. The molecule has 5 nitrogen and oxygen atoms in total. The highest BCUT2D eigenvalue weighted by Crippen LogP contribution is 2.37. The number of halogens is 1. The lowest BCUT2D eigenvalue weighted by Gasteiger charge is -2.19. The maximum absolute atomic E-state index is 12.4. The average Bonchev–Trinajstić information content (AvgIpc) is 2.51. The number of ether oxygens (including phenoxy) is 2. The molecule has 22 heavy (non-hydrogen) atoms. The number of benzene rings is 1. The maximum atomic E-state index is 12.4. The molecule has 0 saturated heterocycles. The van der Waals surface area contributed by atoms with E-state index in [0.29, 0.717) is 41.8 Å². The summed E-state index contributed by atoms with van der Waals surface area (Å²) in [5.41, 5.74) is 0.496. The third-order valence-electron chi connectivity index (χ3n) is 3.05. The van der Waals surface area contributed by atoms with Crippen molar-refractivity contribution < 1.29 is 14.3 Å². The van der Waals surface area contributed by atoms with E-state index in [1.54, 1.807) is 24.1 Å². The van der Waals surface area contributed by atoms with Crippen LogP contribution in [0.4, 0.5) is 0 Å². The third-order valence-corrected chi connectivity index (χ3v) is 3.33. The smallest absolute Gasteiger partial charge is 0.253 e. The molecule has 1 rings (SSSR count). The molecule has 1 aromatic carbocycles. The molecule has 0 saturated carbocycles. The van der Waals surface area contributed by atoms with Crippen molar-refractivity contribution in [2.45, 2.75) is 20.3 Å². The van der Waals surface area contributed by atoms with Crippen LogP contribution in [0.3, 0.4) is 0 Å². The van der Waals surface area contributed by atoms with Gasteiger partial charge in [0.15, 0.2) is 11.5 Å². The van der Waals surface area contributed by atoms with Crippen molar-refractivity contribution >= 4 is 17.5 Å². The zero-order chi connectivity index (χ0) is 16.5. The van der Waals surface area contributed by atoms with Gasteiger partial charge in [-0.25, -0.2) is 0 Å². The summed E-state index contributed by atoms with van der Waals surface area (Å²) >= 11 is 6.27. The van der Waals surface area contributed by atoms with E-state index in [2.05, 4.69) is 5.32 Å². The molecule has 0 aromatic heterocycles. The third kappa shape index (κ3) is 5.07. The number of rotatable bonds is 9. The summed E-state index contributed by atoms with van der Waals surface area (Å²) in [6.07, 6.45) is 0.870. The monoisotopic (exact) mass is 328 g/mol. The summed E-state index contributed by atoms with van der Waals surface area (Å²) in [7, 11) is 3.61. The van der Waals surface area contributed by atoms with Gasteiger partial charge >= 0.3 is 0 Å². The Balaban J connectivity index is 3.03. The van der Waals surface area contributed by atoms with Gasteiger partial charge in [0.25, 0.3) is 5.91 Å². The van der Waals surface area contributed by atoms with Gasteiger partial charge < -0.3 is 19.7 Å². The standard InChI is InChI=1S/C16H25ClN2O3/c1-5-9-22-15-13(17)10-12(11-14(15)21-6-2)16(20)19(4)8-7-18-3/h10-11,18H,5-9H2,1-4H3. The fourth-order valence-corrected chi connectivity index (χ4v) is 2.17. The van der Waals surface area contributed by atoms with Crippen LogP contribution >= 0.6 is 11.6 Å². The van der Waals surface area contributed by atoms with Gasteiger partial charge in [0, 0.05) is 25.7 Å². The van der Waals surface area contributed by atoms with E-state index in [1.165, 1.54) is 0 Å². The first-order valence-corrected chi connectivity index (χ1v) is 7.92. The first-order valence-electron chi connectivity index (χ1n) is 7.54. The molecule has 0 fully saturated rings. The molecule has 0 heterocycles. The molecule has 0 radical (unpaired) electrons. The summed E-state index contributed by atoms with van der Waals surface area (Å²) in [5, 5.41) is 3.41. The van der Waals surface area contributed by atoms with Crippen LogP contribution in [-0.2, 0) is 0 Å². The molecule has 124 valence electrons. The summed E-state index contributed by atoms with van der Waals surface area (Å²) in [6.45, 7) is 6.27. The summed E-state index contributed by atoms with van der Waals surface area (Å²) < 4.78 is 11.2. The number of nitrogens with one attached hydrogen (secondary N) is 1. The Kier molecular flexibility index (Phi) is 8.06. The molecule has 6 heteroatoms. The molecule has 1 N–H and O–H groups in total. The largest absolute Gasteiger partial charge is 0.490 e. The predicted molar refractivity (Wildman–Crippen MR) is 89.3 cm³/mol. The number of hydrogen-bond acceptors (Lipinski definition) is 4. The molecule has 1 aromatic rings. The van der Waals surface area contributed by atoms with E-state index in [9.17, 15) is 4.79 Å². The van der Waals surface area contributed by atoms with Crippen LogP contribution in [0.15, 0.2) is 12.1 Å². The van der Waals surface area contributed by atoms with Crippen molar-refractivity contribution in [3.05, 3.63) is 22.7 Å². The molecule has 0 aliphatic rings. The van der Waals surface area contributed by atoms with Crippen molar-refractivity contribution in [3.63, 3.8) is 0 Å². The summed E-state index contributed by atoms with van der Waals surface area (Å²) in [5.74, 6) is 0.911. The first-order chi connectivity index (χ1) is 10.5. The molecule has 0 aliphatic carbocycles. The number of carbonyl (C=O) groups is 1. The van der Waals surface area contributed by atoms with Gasteiger partial charge in [-0.05, 0) is 32.5 Å². The quantitative estimate of drug-likeness (QED) is 0.757. The zero-order valence-electron chi connectivity index (χ0n) is 13.7. The van der Waals surface area contributed by atoms with Crippen LogP contribution in [0.25, 0.3) is 0 Å².